The third-order valence-corrected chi connectivity index (χ3v) is 3.06. The normalized spacial score (nSPS) is 22.8. The van der Waals surface area contributed by atoms with Gasteiger partial charge in [-0.15, -0.1) is 0 Å². The summed E-state index contributed by atoms with van der Waals surface area (Å²) in [6, 6.07) is 9.80. The highest BCUT2D eigenvalue weighted by Gasteiger charge is 2.43. The molecule has 8 radical (unpaired) electrons. The fraction of sp³-hybridized carbons (Fsp3) is 0.417. The Bertz CT molecular complexity index is 427. The molecule has 1 fully saturated rings. The first-order valence-electron chi connectivity index (χ1n) is 5.78. The third-order valence-electron chi connectivity index (χ3n) is 3.06. The summed E-state index contributed by atoms with van der Waals surface area (Å²) in [4.78, 5) is 13.7. The summed E-state index contributed by atoms with van der Waals surface area (Å²) in [5.41, 5.74) is 1.10. The minimum absolute atomic E-state index is 0.247. The average molecular weight is 228 g/mol. The third kappa shape index (κ3) is 2.74. The highest BCUT2D eigenvalue weighted by Crippen LogP contribution is 2.38. The van der Waals surface area contributed by atoms with E-state index in [4.69, 9.17) is 31.4 Å². The van der Waals surface area contributed by atoms with Crippen LogP contribution < -0.4 is 0 Å². The van der Waals surface area contributed by atoms with Crippen LogP contribution in [0.15, 0.2) is 30.3 Å². The smallest absolute Gasteiger partial charge is 0.113 e. The molecule has 18 heavy (non-hydrogen) atoms. The van der Waals surface area contributed by atoms with Gasteiger partial charge in [-0.25, -0.2) is 0 Å². The van der Waals surface area contributed by atoms with Crippen LogP contribution in [0.4, 0.5) is 0 Å². The summed E-state index contributed by atoms with van der Waals surface area (Å²) in [6.07, 6.45) is 0. The van der Waals surface area contributed by atoms with Crippen LogP contribution in [-0.4, -0.2) is 55.2 Å². The molecule has 1 aromatic carbocycles. The van der Waals surface area contributed by atoms with Crippen molar-refractivity contribution in [3.63, 3.8) is 0 Å². The Morgan fingerprint density at radius 1 is 1.00 bits per heavy atom. The molecule has 0 spiro atoms. The van der Waals surface area contributed by atoms with Gasteiger partial charge in [0.15, 0.2) is 0 Å². The Hall–Kier alpha value is -0.890. The van der Waals surface area contributed by atoms with Crippen molar-refractivity contribution in [2.75, 3.05) is 13.1 Å². The number of ketones is 1. The van der Waals surface area contributed by atoms with Crippen LogP contribution in [0.2, 0.25) is 10.4 Å². The molecule has 0 aromatic heterocycles. The van der Waals surface area contributed by atoms with Crippen molar-refractivity contribution in [1.29, 1.82) is 0 Å². The lowest BCUT2D eigenvalue weighted by molar-refractivity contribution is -0.123. The van der Waals surface area contributed by atoms with Crippen molar-refractivity contribution in [2.45, 2.75) is 17.0 Å². The van der Waals surface area contributed by atoms with Gasteiger partial charge < -0.3 is 9.69 Å². The fourth-order valence-electron chi connectivity index (χ4n) is 2.33. The number of carbonyl (C=O) groups is 1. The van der Waals surface area contributed by atoms with Gasteiger partial charge in [0.25, 0.3) is 0 Å². The Labute approximate surface area is 113 Å². The minimum Gasteiger partial charge on any atom is -0.302 e. The number of benzene rings is 1. The first-order valence-corrected chi connectivity index (χ1v) is 5.78. The highest BCUT2D eigenvalue weighted by molar-refractivity contribution is 6.62. The summed E-state index contributed by atoms with van der Waals surface area (Å²) in [7, 11) is 23.1. The summed E-state index contributed by atoms with van der Waals surface area (Å²) >= 11 is 0. The molecule has 2 nitrogen and oxygen atoms in total. The summed E-state index contributed by atoms with van der Waals surface area (Å²) in [5, 5.41) is -2.98. The molecule has 1 aliphatic heterocycles. The van der Waals surface area contributed by atoms with Gasteiger partial charge in [0.1, 0.15) is 5.78 Å². The second-order valence-electron chi connectivity index (χ2n) is 5.04. The monoisotopic (exact) mass is 229 g/mol. The maximum Gasteiger partial charge on any atom is 0.113 e. The molecule has 6 heteroatoms. The van der Waals surface area contributed by atoms with E-state index in [-0.39, 0.29) is 13.1 Å². The number of hydrogen-bond acceptors (Lipinski definition) is 2. The molecule has 0 aliphatic carbocycles. The molecule has 1 aromatic rings. The SMILES string of the molecule is [B]C1([B])CN(Cc2ccccc2)CC([B])([B])C1=O. The first kappa shape index (κ1) is 13.5. The molecule has 1 aliphatic rings. The molecule has 1 heterocycles. The average Bonchev–Trinajstić information content (AvgIpc) is 2.26. The standard InChI is InChI=1S/C12H11B4NO/c13-11(14)7-17(8-12(15,16)10(11)18)6-9-4-2-1-3-5-9/h1-5H,6-8H2. The zero-order valence-electron chi connectivity index (χ0n) is 10.2. The molecule has 2 rings (SSSR count). The van der Waals surface area contributed by atoms with Crippen LogP contribution in [0.3, 0.4) is 0 Å². The minimum atomic E-state index is -1.49. The van der Waals surface area contributed by atoms with Crippen LogP contribution in [0.5, 0.6) is 0 Å². The topological polar surface area (TPSA) is 20.3 Å². The van der Waals surface area contributed by atoms with E-state index < -0.39 is 16.2 Å². The number of nitrogens with zero attached hydrogens (tertiary/aromatic N) is 1. The van der Waals surface area contributed by atoms with Gasteiger partial charge in [-0.05, 0) is 29.1 Å². The van der Waals surface area contributed by atoms with Crippen molar-refractivity contribution >= 4 is 37.2 Å². The van der Waals surface area contributed by atoms with Crippen LogP contribution in [0.25, 0.3) is 0 Å². The van der Waals surface area contributed by atoms with Gasteiger partial charge in [0.05, 0.1) is 31.4 Å². The number of likely N-dealkylation sites (tertiary alicyclic amines) is 1. The Balaban J connectivity index is 2.14. The van der Waals surface area contributed by atoms with Crippen LogP contribution in [0.1, 0.15) is 5.56 Å². The maximum atomic E-state index is 11.8. The molecule has 0 N–H and O–H groups in total. The van der Waals surface area contributed by atoms with Gasteiger partial charge in [-0.2, -0.15) is 0 Å². The highest BCUT2D eigenvalue weighted by atomic mass is 16.1. The Morgan fingerprint density at radius 2 is 1.50 bits per heavy atom. The summed E-state index contributed by atoms with van der Waals surface area (Å²) < 4.78 is 0. The van der Waals surface area contributed by atoms with Gasteiger partial charge >= 0.3 is 0 Å². The molecule has 0 saturated carbocycles. The van der Waals surface area contributed by atoms with E-state index in [0.29, 0.717) is 6.54 Å². The molecule has 0 amide bonds. The van der Waals surface area contributed by atoms with Gasteiger partial charge in [0.2, 0.25) is 0 Å². The lowest BCUT2D eigenvalue weighted by Gasteiger charge is -2.47. The molecular weight excluding hydrogens is 217 g/mol. The van der Waals surface area contributed by atoms with Gasteiger partial charge in [-0.3, -0.25) is 0 Å². The van der Waals surface area contributed by atoms with Crippen molar-refractivity contribution in [1.82, 2.24) is 4.90 Å². The van der Waals surface area contributed by atoms with E-state index in [2.05, 4.69) is 0 Å². The van der Waals surface area contributed by atoms with Crippen molar-refractivity contribution in [3.05, 3.63) is 35.9 Å². The number of piperidine rings is 1. The summed E-state index contributed by atoms with van der Waals surface area (Å²) in [5.74, 6) is -0.501. The molecule has 0 unspecified atom stereocenters. The molecule has 0 atom stereocenters. The number of hydrogen-bond donors (Lipinski definition) is 0. The second kappa shape index (κ2) is 4.65. The van der Waals surface area contributed by atoms with E-state index in [9.17, 15) is 4.79 Å². The fourth-order valence-corrected chi connectivity index (χ4v) is 2.33. The van der Waals surface area contributed by atoms with Crippen LogP contribution in [-0.2, 0) is 11.3 Å². The van der Waals surface area contributed by atoms with Crippen molar-refractivity contribution < 1.29 is 4.79 Å². The zero-order chi connectivity index (χ0) is 13.4. The Morgan fingerprint density at radius 3 is 2.00 bits per heavy atom. The molecule has 82 valence electrons. The Kier molecular flexibility index (Phi) is 3.50. The van der Waals surface area contributed by atoms with Crippen LogP contribution >= 0.6 is 0 Å². The van der Waals surface area contributed by atoms with Gasteiger partial charge in [0, 0.05) is 6.54 Å². The number of rotatable bonds is 2. The molecular formula is C12H11B4NO. The lowest BCUT2D eigenvalue weighted by atomic mass is 9.38. The van der Waals surface area contributed by atoms with E-state index in [1.165, 1.54) is 0 Å². The molecule has 1 saturated heterocycles. The maximum absolute atomic E-state index is 11.8. The van der Waals surface area contributed by atoms with Crippen molar-refractivity contribution in [3.8, 4) is 0 Å². The molecule has 0 bridgehead atoms. The zero-order valence-corrected chi connectivity index (χ0v) is 10.2. The second-order valence-corrected chi connectivity index (χ2v) is 5.04. The quantitative estimate of drug-likeness (QED) is 0.663. The van der Waals surface area contributed by atoms with Crippen molar-refractivity contribution in [2.24, 2.45) is 0 Å². The largest absolute Gasteiger partial charge is 0.302 e. The van der Waals surface area contributed by atoms with E-state index in [1.807, 2.05) is 35.2 Å². The van der Waals surface area contributed by atoms with E-state index in [0.717, 1.165) is 5.56 Å². The predicted octanol–water partition coefficient (Wildman–Crippen LogP) is -0.0223. The number of Topliss-reactive ketones (excluding diaryl/α,β-unsaturated/α-hetero) is 1. The lowest BCUT2D eigenvalue weighted by Crippen LogP contribution is -2.54. The van der Waals surface area contributed by atoms with E-state index in [1.54, 1.807) is 0 Å². The first-order chi connectivity index (χ1) is 8.31. The number of carbonyl (C=O) groups excluding carboxylic acids is 1. The van der Waals surface area contributed by atoms with Crippen LogP contribution in [0, 0.1) is 0 Å². The van der Waals surface area contributed by atoms with Gasteiger partial charge in [-0.1, -0.05) is 30.3 Å². The predicted molar refractivity (Wildman–Crippen MR) is 75.1 cm³/mol. The summed E-state index contributed by atoms with van der Waals surface area (Å²) in [6.45, 7) is 1.11. The van der Waals surface area contributed by atoms with E-state index >= 15 is 0 Å².